The summed E-state index contributed by atoms with van der Waals surface area (Å²) in [6, 6.07) is 12.7. The Hall–Kier alpha value is -1.41. The van der Waals surface area contributed by atoms with Crippen molar-refractivity contribution in [2.45, 2.75) is 25.5 Å². The summed E-state index contributed by atoms with van der Waals surface area (Å²) in [4.78, 5) is 12.5. The summed E-state index contributed by atoms with van der Waals surface area (Å²) >= 11 is 9.45. The van der Waals surface area contributed by atoms with E-state index in [1.807, 2.05) is 31.2 Å². The first-order valence-corrected chi connectivity index (χ1v) is 11.8. The van der Waals surface area contributed by atoms with Gasteiger partial charge in [0.25, 0.3) is 0 Å². The number of nitrogens with zero attached hydrogens (tertiary/aromatic N) is 1. The predicted octanol–water partition coefficient (Wildman–Crippen LogP) is 4.59. The first kappa shape index (κ1) is 21.3. The number of carbonyl (C=O) groups excluding carboxylic acids is 1. The van der Waals surface area contributed by atoms with Crippen LogP contribution in [-0.2, 0) is 20.6 Å². The van der Waals surface area contributed by atoms with Gasteiger partial charge in [0.15, 0.2) is 0 Å². The van der Waals surface area contributed by atoms with Crippen molar-refractivity contribution in [3.05, 3.63) is 63.1 Å². The second-order valence-corrected chi connectivity index (χ2v) is 10.3. The zero-order chi connectivity index (χ0) is 20.3. The second kappa shape index (κ2) is 8.95. The Kier molecular flexibility index (Phi) is 6.81. The van der Waals surface area contributed by atoms with Gasteiger partial charge >= 0.3 is 0 Å². The summed E-state index contributed by atoms with van der Waals surface area (Å²) in [5.41, 5.74) is 2.36. The van der Waals surface area contributed by atoms with E-state index in [-0.39, 0.29) is 17.6 Å². The quantitative estimate of drug-likeness (QED) is 0.673. The van der Waals surface area contributed by atoms with Gasteiger partial charge in [0, 0.05) is 34.2 Å². The van der Waals surface area contributed by atoms with Crippen molar-refractivity contribution in [2.24, 2.45) is 5.92 Å². The van der Waals surface area contributed by atoms with E-state index in [4.69, 9.17) is 11.6 Å². The minimum atomic E-state index is -3.40. The third-order valence-corrected chi connectivity index (χ3v) is 7.71. The number of halogens is 2. The molecule has 1 aliphatic heterocycles. The molecular weight excluding hydrogens is 464 g/mol. The molecule has 3 rings (SSSR count). The molecule has 5 nitrogen and oxygen atoms in total. The highest BCUT2D eigenvalue weighted by atomic mass is 79.9. The van der Waals surface area contributed by atoms with Gasteiger partial charge in [-0.15, -0.1) is 0 Å². The number of piperidine rings is 1. The molecule has 0 atom stereocenters. The molecule has 0 aromatic heterocycles. The van der Waals surface area contributed by atoms with E-state index in [1.54, 1.807) is 18.2 Å². The standard InChI is InChI=1S/C20H22BrClN2O3S/c1-14-2-7-18(12-19(14)22)23-20(25)16-8-10-24(11-9-16)28(26,27)13-15-3-5-17(21)6-4-15/h2-7,12,16H,8-11,13H2,1H3,(H,23,25). The van der Waals surface area contributed by atoms with Crippen LogP contribution in [0.25, 0.3) is 0 Å². The van der Waals surface area contributed by atoms with Crippen LogP contribution in [0.15, 0.2) is 46.9 Å². The highest BCUT2D eigenvalue weighted by Crippen LogP contribution is 2.25. The van der Waals surface area contributed by atoms with Crippen LogP contribution in [0.4, 0.5) is 5.69 Å². The minimum absolute atomic E-state index is 0.0288. The fraction of sp³-hybridized carbons (Fsp3) is 0.350. The number of nitrogens with one attached hydrogen (secondary N) is 1. The number of sulfonamides is 1. The van der Waals surface area contributed by atoms with Crippen LogP contribution in [0.1, 0.15) is 24.0 Å². The van der Waals surface area contributed by atoms with E-state index < -0.39 is 10.0 Å². The number of hydrogen-bond acceptors (Lipinski definition) is 3. The molecule has 1 fully saturated rings. The SMILES string of the molecule is Cc1ccc(NC(=O)C2CCN(S(=O)(=O)Cc3ccc(Br)cc3)CC2)cc1Cl. The van der Waals surface area contributed by atoms with Gasteiger partial charge in [0.05, 0.1) is 5.75 Å². The van der Waals surface area contributed by atoms with Crippen molar-refractivity contribution in [2.75, 3.05) is 18.4 Å². The van der Waals surface area contributed by atoms with Crippen LogP contribution < -0.4 is 5.32 Å². The van der Waals surface area contributed by atoms with Gasteiger partial charge in [-0.3, -0.25) is 4.79 Å². The van der Waals surface area contributed by atoms with Crippen LogP contribution in [0.2, 0.25) is 5.02 Å². The molecule has 0 radical (unpaired) electrons. The first-order chi connectivity index (χ1) is 13.2. The molecule has 1 aliphatic rings. The molecule has 0 bridgehead atoms. The molecule has 8 heteroatoms. The average molecular weight is 486 g/mol. The molecule has 1 heterocycles. The second-order valence-electron chi connectivity index (χ2n) is 7.01. The highest BCUT2D eigenvalue weighted by Gasteiger charge is 2.31. The van der Waals surface area contributed by atoms with Crippen molar-refractivity contribution < 1.29 is 13.2 Å². The molecule has 0 spiro atoms. The molecule has 2 aromatic rings. The van der Waals surface area contributed by atoms with Gasteiger partial charge in [0.2, 0.25) is 15.9 Å². The fourth-order valence-electron chi connectivity index (χ4n) is 3.19. The minimum Gasteiger partial charge on any atom is -0.326 e. The molecule has 28 heavy (non-hydrogen) atoms. The summed E-state index contributed by atoms with van der Waals surface area (Å²) in [5, 5.41) is 3.49. The molecule has 1 amide bonds. The van der Waals surface area contributed by atoms with Crippen LogP contribution >= 0.6 is 27.5 Å². The van der Waals surface area contributed by atoms with Crippen LogP contribution in [0.5, 0.6) is 0 Å². The maximum absolute atomic E-state index is 12.7. The zero-order valence-corrected chi connectivity index (χ0v) is 18.6. The van der Waals surface area contributed by atoms with Gasteiger partial charge in [-0.2, -0.15) is 0 Å². The van der Waals surface area contributed by atoms with Crippen LogP contribution in [-0.4, -0.2) is 31.7 Å². The molecule has 0 aliphatic carbocycles. The summed E-state index contributed by atoms with van der Waals surface area (Å²) in [5.74, 6) is -0.331. The lowest BCUT2D eigenvalue weighted by Crippen LogP contribution is -2.41. The lowest BCUT2D eigenvalue weighted by atomic mass is 9.97. The highest BCUT2D eigenvalue weighted by molar-refractivity contribution is 9.10. The molecule has 1 saturated heterocycles. The Morgan fingerprint density at radius 1 is 1.18 bits per heavy atom. The number of hydrogen-bond donors (Lipinski definition) is 1. The van der Waals surface area contributed by atoms with Crippen molar-refractivity contribution >= 4 is 49.1 Å². The number of aryl methyl sites for hydroxylation is 1. The maximum atomic E-state index is 12.7. The Labute approximate surface area is 179 Å². The van der Waals surface area contributed by atoms with E-state index in [1.165, 1.54) is 4.31 Å². The maximum Gasteiger partial charge on any atom is 0.227 e. The number of amides is 1. The lowest BCUT2D eigenvalue weighted by molar-refractivity contribution is -0.120. The van der Waals surface area contributed by atoms with Gasteiger partial charge < -0.3 is 5.32 Å². The topological polar surface area (TPSA) is 66.5 Å². The molecular formula is C20H22BrClN2O3S. The molecule has 0 unspecified atom stereocenters. The molecule has 0 saturated carbocycles. The van der Waals surface area contributed by atoms with Crippen molar-refractivity contribution in [3.63, 3.8) is 0 Å². The summed E-state index contributed by atoms with van der Waals surface area (Å²) in [6.07, 6.45) is 1.01. The predicted molar refractivity (Wildman–Crippen MR) is 116 cm³/mol. The molecule has 2 aromatic carbocycles. The Morgan fingerprint density at radius 3 is 2.43 bits per heavy atom. The smallest absolute Gasteiger partial charge is 0.227 e. The Bertz CT molecular complexity index is 956. The van der Waals surface area contributed by atoms with Crippen LogP contribution in [0.3, 0.4) is 0 Å². The monoisotopic (exact) mass is 484 g/mol. The largest absolute Gasteiger partial charge is 0.326 e. The van der Waals surface area contributed by atoms with E-state index in [9.17, 15) is 13.2 Å². The lowest BCUT2D eigenvalue weighted by Gasteiger charge is -2.30. The van der Waals surface area contributed by atoms with E-state index in [0.717, 1.165) is 15.6 Å². The van der Waals surface area contributed by atoms with Gasteiger partial charge in [-0.05, 0) is 55.2 Å². The third-order valence-electron chi connectivity index (χ3n) is 4.92. The van der Waals surface area contributed by atoms with Crippen molar-refractivity contribution in [1.82, 2.24) is 4.31 Å². The first-order valence-electron chi connectivity index (χ1n) is 9.04. The Morgan fingerprint density at radius 2 is 1.82 bits per heavy atom. The summed E-state index contributed by atoms with van der Waals surface area (Å²) in [7, 11) is -3.40. The Balaban J connectivity index is 1.56. The number of benzene rings is 2. The number of carbonyl (C=O) groups is 1. The molecule has 1 N–H and O–H groups in total. The van der Waals surface area contributed by atoms with E-state index in [2.05, 4.69) is 21.2 Å². The van der Waals surface area contributed by atoms with Gasteiger partial charge in [-0.1, -0.05) is 45.7 Å². The number of anilines is 1. The van der Waals surface area contributed by atoms with Gasteiger partial charge in [0.1, 0.15) is 0 Å². The fourth-order valence-corrected chi connectivity index (χ4v) is 5.20. The van der Waals surface area contributed by atoms with Crippen molar-refractivity contribution in [3.8, 4) is 0 Å². The number of rotatable bonds is 5. The molecule has 150 valence electrons. The third kappa shape index (κ3) is 5.35. The van der Waals surface area contributed by atoms with Crippen LogP contribution in [0, 0.1) is 12.8 Å². The summed E-state index contributed by atoms with van der Waals surface area (Å²) < 4.78 is 27.8. The van der Waals surface area contributed by atoms with Crippen molar-refractivity contribution in [1.29, 1.82) is 0 Å². The normalized spacial score (nSPS) is 16.1. The zero-order valence-electron chi connectivity index (χ0n) is 15.5. The average Bonchev–Trinajstić information content (AvgIpc) is 2.66. The summed E-state index contributed by atoms with van der Waals surface area (Å²) in [6.45, 7) is 2.61. The van der Waals surface area contributed by atoms with Gasteiger partial charge in [-0.25, -0.2) is 12.7 Å². The van der Waals surface area contributed by atoms with E-state index >= 15 is 0 Å². The van der Waals surface area contributed by atoms with E-state index in [0.29, 0.717) is 36.6 Å².